The summed E-state index contributed by atoms with van der Waals surface area (Å²) in [6.07, 6.45) is 0. The summed E-state index contributed by atoms with van der Waals surface area (Å²) in [5.41, 5.74) is -0.392. The summed E-state index contributed by atoms with van der Waals surface area (Å²) in [7, 11) is -9.09. The SMILES string of the molecule is O=S(=O)(Nc1cccc(NS(=O)(=O)c2cc(F)ccc2F)c1)c1cc(F)ccc1F. The van der Waals surface area contributed by atoms with E-state index in [0.717, 1.165) is 18.2 Å². The van der Waals surface area contributed by atoms with Crippen LogP contribution in [0.5, 0.6) is 0 Å². The topological polar surface area (TPSA) is 92.3 Å². The molecule has 0 heterocycles. The third-order valence-corrected chi connectivity index (χ3v) is 6.53. The summed E-state index contributed by atoms with van der Waals surface area (Å²) in [5, 5.41) is 0. The van der Waals surface area contributed by atoms with Crippen LogP contribution >= 0.6 is 0 Å². The van der Waals surface area contributed by atoms with Crippen molar-refractivity contribution in [1.29, 1.82) is 0 Å². The first-order valence-corrected chi connectivity index (χ1v) is 11.0. The maximum Gasteiger partial charge on any atom is 0.264 e. The van der Waals surface area contributed by atoms with Crippen LogP contribution in [0.1, 0.15) is 0 Å². The van der Waals surface area contributed by atoms with E-state index in [1.807, 2.05) is 9.44 Å². The van der Waals surface area contributed by atoms with Gasteiger partial charge in [-0.15, -0.1) is 0 Å². The summed E-state index contributed by atoms with van der Waals surface area (Å²) >= 11 is 0. The van der Waals surface area contributed by atoms with E-state index in [1.165, 1.54) is 18.2 Å². The van der Waals surface area contributed by atoms with Crippen molar-refractivity contribution >= 4 is 31.4 Å². The minimum absolute atomic E-state index is 0.196. The Labute approximate surface area is 169 Å². The summed E-state index contributed by atoms with van der Waals surface area (Å²) in [6, 6.07) is 8.44. The summed E-state index contributed by atoms with van der Waals surface area (Å²) < 4.78 is 107. The Balaban J connectivity index is 1.90. The molecule has 3 rings (SSSR count). The van der Waals surface area contributed by atoms with E-state index in [4.69, 9.17) is 0 Å². The Hall–Kier alpha value is -3.12. The van der Waals surface area contributed by atoms with Gasteiger partial charge in [0.15, 0.2) is 0 Å². The van der Waals surface area contributed by atoms with Crippen LogP contribution < -0.4 is 9.44 Å². The number of benzene rings is 3. The molecule has 3 aromatic rings. The molecule has 6 nitrogen and oxygen atoms in total. The fourth-order valence-corrected chi connectivity index (χ4v) is 4.71. The van der Waals surface area contributed by atoms with E-state index in [2.05, 4.69) is 0 Å². The summed E-state index contributed by atoms with van der Waals surface area (Å²) in [5.74, 6) is -4.34. The lowest BCUT2D eigenvalue weighted by Gasteiger charge is -2.12. The van der Waals surface area contributed by atoms with Gasteiger partial charge in [-0.1, -0.05) is 6.07 Å². The number of halogens is 4. The van der Waals surface area contributed by atoms with Crippen molar-refractivity contribution in [3.63, 3.8) is 0 Å². The van der Waals surface area contributed by atoms with E-state index < -0.39 is 53.1 Å². The molecule has 0 unspecified atom stereocenters. The first-order chi connectivity index (χ1) is 14.0. The summed E-state index contributed by atoms with van der Waals surface area (Å²) in [6.45, 7) is 0. The zero-order chi connectivity index (χ0) is 22.1. The van der Waals surface area contributed by atoms with Gasteiger partial charge in [-0.3, -0.25) is 9.44 Å². The molecule has 2 N–H and O–H groups in total. The highest BCUT2D eigenvalue weighted by atomic mass is 32.2. The van der Waals surface area contributed by atoms with Crippen molar-refractivity contribution in [2.45, 2.75) is 9.79 Å². The Morgan fingerprint density at radius 2 is 0.967 bits per heavy atom. The Bertz CT molecular complexity index is 1230. The van der Waals surface area contributed by atoms with Crippen LogP contribution in [0, 0.1) is 23.3 Å². The molecule has 30 heavy (non-hydrogen) atoms. The second-order valence-corrected chi connectivity index (χ2v) is 9.24. The van der Waals surface area contributed by atoms with E-state index in [1.54, 1.807) is 0 Å². The number of anilines is 2. The quantitative estimate of drug-likeness (QED) is 0.547. The van der Waals surface area contributed by atoms with E-state index in [9.17, 15) is 34.4 Å². The van der Waals surface area contributed by atoms with Gasteiger partial charge in [0.25, 0.3) is 20.0 Å². The second kappa shape index (κ2) is 7.95. The fourth-order valence-electron chi connectivity index (χ4n) is 2.43. The van der Waals surface area contributed by atoms with E-state index in [-0.39, 0.29) is 11.4 Å². The smallest absolute Gasteiger partial charge is 0.264 e. The monoisotopic (exact) mass is 460 g/mol. The van der Waals surface area contributed by atoms with Crippen molar-refractivity contribution in [1.82, 2.24) is 0 Å². The normalized spacial score (nSPS) is 11.9. The number of sulfonamides is 2. The molecule has 0 aliphatic heterocycles. The largest absolute Gasteiger partial charge is 0.279 e. The molecule has 12 heteroatoms. The lowest BCUT2D eigenvalue weighted by Crippen LogP contribution is -2.16. The highest BCUT2D eigenvalue weighted by Gasteiger charge is 2.22. The van der Waals surface area contributed by atoms with Crippen LogP contribution in [0.15, 0.2) is 70.5 Å². The maximum absolute atomic E-state index is 13.8. The van der Waals surface area contributed by atoms with Crippen molar-refractivity contribution in [2.75, 3.05) is 9.44 Å². The zero-order valence-electron chi connectivity index (χ0n) is 14.7. The van der Waals surface area contributed by atoms with Crippen molar-refractivity contribution in [3.05, 3.63) is 83.9 Å². The first kappa shape index (κ1) is 21.6. The molecule has 0 bridgehead atoms. The molecular weight excluding hydrogens is 448 g/mol. The highest BCUT2D eigenvalue weighted by molar-refractivity contribution is 7.93. The molecule has 0 saturated heterocycles. The molecule has 0 spiro atoms. The molecule has 158 valence electrons. The molecule has 0 aromatic heterocycles. The fraction of sp³-hybridized carbons (Fsp3) is 0. The zero-order valence-corrected chi connectivity index (χ0v) is 16.4. The Morgan fingerprint density at radius 3 is 1.37 bits per heavy atom. The Kier molecular flexibility index (Phi) is 5.72. The first-order valence-electron chi connectivity index (χ1n) is 8.04. The number of hydrogen-bond donors (Lipinski definition) is 2. The van der Waals surface area contributed by atoms with Gasteiger partial charge in [-0.2, -0.15) is 0 Å². The minimum atomic E-state index is -4.54. The molecule has 0 fully saturated rings. The minimum Gasteiger partial charge on any atom is -0.279 e. The van der Waals surface area contributed by atoms with Gasteiger partial charge in [0.1, 0.15) is 33.1 Å². The Morgan fingerprint density at radius 1 is 0.567 bits per heavy atom. The van der Waals surface area contributed by atoms with Crippen LogP contribution in [0.3, 0.4) is 0 Å². The van der Waals surface area contributed by atoms with Crippen LogP contribution in [-0.4, -0.2) is 16.8 Å². The maximum atomic E-state index is 13.8. The highest BCUT2D eigenvalue weighted by Crippen LogP contribution is 2.24. The lowest BCUT2D eigenvalue weighted by molar-refractivity contribution is 0.555. The van der Waals surface area contributed by atoms with Crippen LogP contribution in [0.4, 0.5) is 28.9 Å². The molecular formula is C18H12F4N2O4S2. The van der Waals surface area contributed by atoms with Crippen molar-refractivity contribution in [2.24, 2.45) is 0 Å². The van der Waals surface area contributed by atoms with E-state index >= 15 is 0 Å². The van der Waals surface area contributed by atoms with Crippen molar-refractivity contribution < 1.29 is 34.4 Å². The van der Waals surface area contributed by atoms with Gasteiger partial charge in [0, 0.05) is 0 Å². The average molecular weight is 460 g/mol. The van der Waals surface area contributed by atoms with Gasteiger partial charge in [0.2, 0.25) is 0 Å². The van der Waals surface area contributed by atoms with Crippen molar-refractivity contribution in [3.8, 4) is 0 Å². The number of hydrogen-bond acceptors (Lipinski definition) is 4. The third-order valence-electron chi connectivity index (χ3n) is 3.73. The molecule has 0 aliphatic carbocycles. The molecule has 0 atom stereocenters. The lowest BCUT2D eigenvalue weighted by atomic mass is 10.3. The van der Waals surface area contributed by atoms with Gasteiger partial charge in [0.05, 0.1) is 11.4 Å². The standard InChI is InChI=1S/C18H12F4N2O4S2/c19-11-4-6-15(21)17(8-11)29(25,26)23-13-2-1-3-14(10-13)24-30(27,28)18-9-12(20)5-7-16(18)22/h1-10,23-24H. The number of rotatable bonds is 6. The molecule has 0 saturated carbocycles. The predicted octanol–water partition coefficient (Wildman–Crippen LogP) is 3.84. The molecule has 0 radical (unpaired) electrons. The third kappa shape index (κ3) is 4.71. The van der Waals surface area contributed by atoms with Gasteiger partial charge in [-0.25, -0.2) is 34.4 Å². The van der Waals surface area contributed by atoms with Gasteiger partial charge in [-0.05, 0) is 54.6 Å². The van der Waals surface area contributed by atoms with E-state index in [0.29, 0.717) is 24.3 Å². The predicted molar refractivity (Wildman–Crippen MR) is 101 cm³/mol. The molecule has 3 aromatic carbocycles. The number of nitrogens with one attached hydrogen (secondary N) is 2. The molecule has 0 amide bonds. The van der Waals surface area contributed by atoms with Crippen LogP contribution in [0.25, 0.3) is 0 Å². The van der Waals surface area contributed by atoms with Gasteiger partial charge >= 0.3 is 0 Å². The van der Waals surface area contributed by atoms with Crippen LogP contribution in [0.2, 0.25) is 0 Å². The average Bonchev–Trinajstić information content (AvgIpc) is 2.65. The second-order valence-electron chi connectivity index (χ2n) is 5.94. The van der Waals surface area contributed by atoms with Gasteiger partial charge < -0.3 is 0 Å². The van der Waals surface area contributed by atoms with Crippen LogP contribution in [-0.2, 0) is 20.0 Å². The molecule has 0 aliphatic rings. The summed E-state index contributed by atoms with van der Waals surface area (Å²) in [4.78, 5) is -1.90.